The number of guanidine groups is 1. The summed E-state index contributed by atoms with van der Waals surface area (Å²) in [5.41, 5.74) is 1.53. The second kappa shape index (κ2) is 7.71. The largest absolute Gasteiger partial charge is 0.356 e. The highest BCUT2D eigenvalue weighted by molar-refractivity contribution is 6.30. The van der Waals surface area contributed by atoms with E-state index in [1.165, 1.54) is 18.4 Å². The summed E-state index contributed by atoms with van der Waals surface area (Å²) in [6.45, 7) is 2.72. The molecule has 1 fully saturated rings. The van der Waals surface area contributed by atoms with Crippen molar-refractivity contribution in [1.82, 2.24) is 20.2 Å². The number of aromatic nitrogens is 2. The number of nitrogens with zero attached hydrogens (tertiary/aromatic N) is 3. The second-order valence-electron chi connectivity index (χ2n) is 6.30. The Morgan fingerprint density at radius 1 is 1.38 bits per heavy atom. The zero-order chi connectivity index (χ0) is 16.8. The number of nitrogens with one attached hydrogen (secondary N) is 2. The van der Waals surface area contributed by atoms with Crippen molar-refractivity contribution in [3.8, 4) is 0 Å². The third-order valence-electron chi connectivity index (χ3n) is 4.55. The van der Waals surface area contributed by atoms with E-state index in [-0.39, 0.29) is 5.41 Å². The Morgan fingerprint density at radius 2 is 2.25 bits per heavy atom. The number of hydrogen-bond acceptors (Lipinski definition) is 2. The van der Waals surface area contributed by atoms with Crippen LogP contribution in [0.25, 0.3) is 0 Å². The van der Waals surface area contributed by atoms with Gasteiger partial charge in [0, 0.05) is 49.5 Å². The first-order valence-electron chi connectivity index (χ1n) is 8.38. The molecule has 0 radical (unpaired) electrons. The summed E-state index contributed by atoms with van der Waals surface area (Å²) in [6, 6.07) is 8.20. The third kappa shape index (κ3) is 4.29. The molecule has 0 spiro atoms. The molecule has 2 N–H and O–H groups in total. The standard InChI is InChI=1S/C18H24ClN5/c1-20-17(22-8-3-10-24-11-9-21-14-24)23-13-18(6-7-18)15-4-2-5-16(19)12-15/h2,4-5,9,11-12,14H,3,6-8,10,13H2,1H3,(H2,20,22,23). The zero-order valence-corrected chi connectivity index (χ0v) is 14.8. The monoisotopic (exact) mass is 345 g/mol. The molecule has 1 aromatic heterocycles. The van der Waals surface area contributed by atoms with Gasteiger partial charge in [-0.2, -0.15) is 0 Å². The minimum Gasteiger partial charge on any atom is -0.356 e. The van der Waals surface area contributed by atoms with E-state index in [2.05, 4.69) is 37.3 Å². The van der Waals surface area contributed by atoms with Crippen LogP contribution in [-0.4, -0.2) is 35.6 Å². The quantitative estimate of drug-likeness (QED) is 0.461. The summed E-state index contributed by atoms with van der Waals surface area (Å²) in [5.74, 6) is 0.855. The van der Waals surface area contributed by atoms with Crippen LogP contribution in [0.3, 0.4) is 0 Å². The van der Waals surface area contributed by atoms with Crippen molar-refractivity contribution in [1.29, 1.82) is 0 Å². The number of aryl methyl sites for hydroxylation is 1. The van der Waals surface area contributed by atoms with Gasteiger partial charge in [-0.05, 0) is 37.0 Å². The summed E-state index contributed by atoms with van der Waals surface area (Å²) < 4.78 is 2.08. The molecule has 0 amide bonds. The first-order chi connectivity index (χ1) is 11.7. The van der Waals surface area contributed by atoms with Crippen molar-refractivity contribution >= 4 is 17.6 Å². The van der Waals surface area contributed by atoms with E-state index in [4.69, 9.17) is 11.6 Å². The van der Waals surface area contributed by atoms with E-state index in [0.717, 1.165) is 37.0 Å². The van der Waals surface area contributed by atoms with Crippen LogP contribution >= 0.6 is 11.6 Å². The number of imidazole rings is 1. The van der Waals surface area contributed by atoms with Gasteiger partial charge in [0.2, 0.25) is 0 Å². The summed E-state index contributed by atoms with van der Waals surface area (Å²) in [5, 5.41) is 7.64. The van der Waals surface area contributed by atoms with E-state index in [1.807, 2.05) is 31.7 Å². The van der Waals surface area contributed by atoms with Crippen LogP contribution in [0.2, 0.25) is 5.02 Å². The summed E-state index contributed by atoms with van der Waals surface area (Å²) >= 11 is 6.13. The third-order valence-corrected chi connectivity index (χ3v) is 4.79. The van der Waals surface area contributed by atoms with Crippen LogP contribution in [0.4, 0.5) is 0 Å². The molecule has 128 valence electrons. The first kappa shape index (κ1) is 16.8. The van der Waals surface area contributed by atoms with Crippen LogP contribution < -0.4 is 10.6 Å². The summed E-state index contributed by atoms with van der Waals surface area (Å²) in [7, 11) is 1.81. The van der Waals surface area contributed by atoms with Gasteiger partial charge in [0.1, 0.15) is 0 Å². The molecule has 1 heterocycles. The fourth-order valence-corrected chi connectivity index (χ4v) is 3.09. The van der Waals surface area contributed by atoms with Crippen molar-refractivity contribution in [2.24, 2.45) is 4.99 Å². The van der Waals surface area contributed by atoms with Gasteiger partial charge in [0.15, 0.2) is 5.96 Å². The average molecular weight is 346 g/mol. The SMILES string of the molecule is CN=C(NCCCn1ccnc1)NCC1(c2cccc(Cl)c2)CC1. The molecule has 1 aromatic carbocycles. The lowest BCUT2D eigenvalue weighted by Gasteiger charge is -2.19. The van der Waals surface area contributed by atoms with Crippen molar-refractivity contribution < 1.29 is 0 Å². The minimum atomic E-state index is 0.208. The van der Waals surface area contributed by atoms with E-state index >= 15 is 0 Å². The van der Waals surface area contributed by atoms with Gasteiger partial charge in [-0.1, -0.05) is 23.7 Å². The van der Waals surface area contributed by atoms with Gasteiger partial charge in [-0.25, -0.2) is 4.98 Å². The Balaban J connectivity index is 1.44. The van der Waals surface area contributed by atoms with Crippen LogP contribution in [0.5, 0.6) is 0 Å². The van der Waals surface area contributed by atoms with Crippen LogP contribution in [-0.2, 0) is 12.0 Å². The van der Waals surface area contributed by atoms with Crippen LogP contribution in [0, 0.1) is 0 Å². The first-order valence-corrected chi connectivity index (χ1v) is 8.76. The molecular formula is C18H24ClN5. The predicted molar refractivity (Wildman–Crippen MR) is 98.6 cm³/mol. The molecule has 0 bridgehead atoms. The lowest BCUT2D eigenvalue weighted by atomic mass is 9.96. The maximum atomic E-state index is 6.13. The van der Waals surface area contributed by atoms with E-state index in [9.17, 15) is 0 Å². The molecule has 0 unspecified atom stereocenters. The van der Waals surface area contributed by atoms with Crippen molar-refractivity contribution in [3.05, 3.63) is 53.6 Å². The zero-order valence-electron chi connectivity index (χ0n) is 14.0. The molecular weight excluding hydrogens is 322 g/mol. The van der Waals surface area contributed by atoms with Crippen LogP contribution in [0.15, 0.2) is 48.0 Å². The molecule has 0 atom stereocenters. The number of hydrogen-bond donors (Lipinski definition) is 2. The molecule has 2 aromatic rings. The van der Waals surface area contributed by atoms with Gasteiger partial charge >= 0.3 is 0 Å². The summed E-state index contributed by atoms with van der Waals surface area (Å²) in [6.07, 6.45) is 9.04. The summed E-state index contributed by atoms with van der Waals surface area (Å²) in [4.78, 5) is 8.36. The fraction of sp³-hybridized carbons (Fsp3) is 0.444. The van der Waals surface area contributed by atoms with Crippen LogP contribution in [0.1, 0.15) is 24.8 Å². The molecule has 0 saturated heterocycles. The Labute approximate surface area is 148 Å². The number of benzene rings is 1. The van der Waals surface area contributed by atoms with Crippen molar-refractivity contribution in [3.63, 3.8) is 0 Å². The molecule has 5 nitrogen and oxygen atoms in total. The van der Waals surface area contributed by atoms with Gasteiger partial charge in [-0.15, -0.1) is 0 Å². The molecule has 1 aliphatic rings. The van der Waals surface area contributed by atoms with Gasteiger partial charge in [0.25, 0.3) is 0 Å². The number of rotatable bonds is 7. The van der Waals surface area contributed by atoms with Gasteiger partial charge in [0.05, 0.1) is 6.33 Å². The van der Waals surface area contributed by atoms with Crippen molar-refractivity contribution in [2.45, 2.75) is 31.2 Å². The van der Waals surface area contributed by atoms with E-state index in [1.54, 1.807) is 6.20 Å². The Hall–Kier alpha value is -2.01. The molecule has 1 saturated carbocycles. The molecule has 6 heteroatoms. The average Bonchev–Trinajstić information content (AvgIpc) is 3.21. The smallest absolute Gasteiger partial charge is 0.191 e. The topological polar surface area (TPSA) is 54.2 Å². The Kier molecular flexibility index (Phi) is 5.41. The number of aliphatic imine (C=N–C) groups is 1. The lowest BCUT2D eigenvalue weighted by Crippen LogP contribution is -2.41. The lowest BCUT2D eigenvalue weighted by molar-refractivity contribution is 0.612. The highest BCUT2D eigenvalue weighted by atomic mass is 35.5. The molecule has 0 aliphatic heterocycles. The number of halogens is 1. The predicted octanol–water partition coefficient (Wildman–Crippen LogP) is 2.82. The molecule has 24 heavy (non-hydrogen) atoms. The van der Waals surface area contributed by atoms with E-state index < -0.39 is 0 Å². The van der Waals surface area contributed by atoms with Gasteiger partial charge < -0.3 is 15.2 Å². The Morgan fingerprint density at radius 3 is 2.92 bits per heavy atom. The highest BCUT2D eigenvalue weighted by Crippen LogP contribution is 2.48. The maximum absolute atomic E-state index is 6.13. The fourth-order valence-electron chi connectivity index (χ4n) is 2.90. The minimum absolute atomic E-state index is 0.208. The normalized spacial score (nSPS) is 16.0. The highest BCUT2D eigenvalue weighted by Gasteiger charge is 2.44. The molecule has 3 rings (SSSR count). The van der Waals surface area contributed by atoms with Crippen molar-refractivity contribution in [2.75, 3.05) is 20.1 Å². The molecule has 1 aliphatic carbocycles. The second-order valence-corrected chi connectivity index (χ2v) is 6.73. The Bertz CT molecular complexity index is 676. The van der Waals surface area contributed by atoms with Gasteiger partial charge in [-0.3, -0.25) is 4.99 Å². The van der Waals surface area contributed by atoms with E-state index in [0.29, 0.717) is 0 Å². The maximum Gasteiger partial charge on any atom is 0.191 e.